The largest absolute Gasteiger partial charge is 0.310 e. The molecule has 1 aromatic carbocycles. The van der Waals surface area contributed by atoms with Gasteiger partial charge in [-0.25, -0.2) is 4.39 Å². The molecule has 1 N–H and O–H groups in total. The van der Waals surface area contributed by atoms with E-state index in [0.717, 1.165) is 12.6 Å². The molecule has 112 valence electrons. The number of nitrogens with one attached hydrogen (secondary N) is 1. The summed E-state index contributed by atoms with van der Waals surface area (Å²) >= 11 is 0. The molecule has 3 atom stereocenters. The van der Waals surface area contributed by atoms with Crippen molar-refractivity contribution in [1.82, 2.24) is 10.2 Å². The Balaban J connectivity index is 0.00000147. The number of halogens is 2. The first-order chi connectivity index (χ1) is 9.20. The van der Waals surface area contributed by atoms with Crippen LogP contribution in [0.15, 0.2) is 24.3 Å². The predicted molar refractivity (Wildman–Crippen MR) is 83.1 cm³/mol. The second kappa shape index (κ2) is 6.88. The summed E-state index contributed by atoms with van der Waals surface area (Å²) in [6, 6.07) is 8.41. The fourth-order valence-corrected chi connectivity index (χ4v) is 3.47. The third-order valence-electron chi connectivity index (χ3n) is 4.58. The summed E-state index contributed by atoms with van der Waals surface area (Å²) < 4.78 is 12.9. The van der Waals surface area contributed by atoms with Crippen molar-refractivity contribution < 1.29 is 4.39 Å². The molecule has 3 rings (SSSR count). The molecule has 2 saturated heterocycles. The Kier molecular flexibility index (Phi) is 5.42. The second-order valence-corrected chi connectivity index (χ2v) is 6.14. The minimum atomic E-state index is -0.146. The minimum Gasteiger partial charge on any atom is -0.310 e. The average Bonchev–Trinajstić information content (AvgIpc) is 2.73. The molecular weight excluding hydrogens is 275 g/mol. The number of benzene rings is 1. The van der Waals surface area contributed by atoms with Gasteiger partial charge in [-0.1, -0.05) is 19.1 Å². The van der Waals surface area contributed by atoms with Gasteiger partial charge in [0.1, 0.15) is 5.82 Å². The molecule has 2 aliphatic rings. The standard InChI is InChI=1S/C16H23FN2.ClH/c1-12(13-2-4-14(17)5-3-13)10-19-9-8-15-6-7-16(11-19)18-15;/h2-5,12,15-16,18H,6-11H2,1H3;1H. The highest BCUT2D eigenvalue weighted by Gasteiger charge is 2.29. The van der Waals surface area contributed by atoms with Crippen molar-refractivity contribution in [3.63, 3.8) is 0 Å². The van der Waals surface area contributed by atoms with E-state index in [2.05, 4.69) is 17.1 Å². The Morgan fingerprint density at radius 2 is 1.90 bits per heavy atom. The van der Waals surface area contributed by atoms with Crippen LogP contribution < -0.4 is 5.32 Å². The Hall–Kier alpha value is -0.640. The van der Waals surface area contributed by atoms with Gasteiger partial charge in [-0.2, -0.15) is 0 Å². The molecule has 2 fully saturated rings. The Morgan fingerprint density at radius 3 is 2.65 bits per heavy atom. The highest BCUT2D eigenvalue weighted by Crippen LogP contribution is 2.23. The first-order valence-corrected chi connectivity index (χ1v) is 7.44. The van der Waals surface area contributed by atoms with E-state index in [4.69, 9.17) is 0 Å². The molecule has 2 aliphatic heterocycles. The van der Waals surface area contributed by atoms with E-state index in [1.54, 1.807) is 12.1 Å². The highest BCUT2D eigenvalue weighted by molar-refractivity contribution is 5.85. The number of hydrogen-bond acceptors (Lipinski definition) is 2. The molecular formula is C16H24ClFN2. The normalized spacial score (nSPS) is 27.7. The average molecular weight is 299 g/mol. The molecule has 0 amide bonds. The molecule has 2 nitrogen and oxygen atoms in total. The predicted octanol–water partition coefficient (Wildman–Crippen LogP) is 3.18. The van der Waals surface area contributed by atoms with E-state index in [-0.39, 0.29) is 18.2 Å². The van der Waals surface area contributed by atoms with Gasteiger partial charge in [0.05, 0.1) is 0 Å². The van der Waals surface area contributed by atoms with Crippen LogP contribution >= 0.6 is 12.4 Å². The van der Waals surface area contributed by atoms with Gasteiger partial charge >= 0.3 is 0 Å². The van der Waals surface area contributed by atoms with Crippen LogP contribution in [0, 0.1) is 5.82 Å². The van der Waals surface area contributed by atoms with E-state index >= 15 is 0 Å². The maximum absolute atomic E-state index is 12.9. The minimum absolute atomic E-state index is 0. The lowest BCUT2D eigenvalue weighted by molar-refractivity contribution is 0.247. The van der Waals surface area contributed by atoms with Crippen LogP contribution in [0.4, 0.5) is 4.39 Å². The summed E-state index contributed by atoms with van der Waals surface area (Å²) in [4.78, 5) is 2.57. The van der Waals surface area contributed by atoms with Crippen LogP contribution in [0.25, 0.3) is 0 Å². The number of nitrogens with zero attached hydrogens (tertiary/aromatic N) is 1. The summed E-state index contributed by atoms with van der Waals surface area (Å²) in [7, 11) is 0. The maximum Gasteiger partial charge on any atom is 0.123 e. The van der Waals surface area contributed by atoms with Crippen LogP contribution in [0.3, 0.4) is 0 Å². The van der Waals surface area contributed by atoms with Crippen molar-refractivity contribution in [2.45, 2.75) is 44.2 Å². The summed E-state index contributed by atoms with van der Waals surface area (Å²) in [6.07, 6.45) is 3.95. The molecule has 20 heavy (non-hydrogen) atoms. The van der Waals surface area contributed by atoms with Crippen LogP contribution in [0.1, 0.15) is 37.7 Å². The topological polar surface area (TPSA) is 15.3 Å². The van der Waals surface area contributed by atoms with Crippen molar-refractivity contribution in [3.8, 4) is 0 Å². The first kappa shape index (κ1) is 15.7. The van der Waals surface area contributed by atoms with Gasteiger partial charge in [0.15, 0.2) is 0 Å². The van der Waals surface area contributed by atoms with Gasteiger partial charge in [0.2, 0.25) is 0 Å². The Labute approximate surface area is 127 Å². The number of hydrogen-bond donors (Lipinski definition) is 1. The van der Waals surface area contributed by atoms with Gasteiger partial charge in [-0.15, -0.1) is 12.4 Å². The fraction of sp³-hybridized carbons (Fsp3) is 0.625. The molecule has 3 unspecified atom stereocenters. The quantitative estimate of drug-likeness (QED) is 0.922. The Bertz CT molecular complexity index is 423. The first-order valence-electron chi connectivity index (χ1n) is 7.44. The highest BCUT2D eigenvalue weighted by atomic mass is 35.5. The van der Waals surface area contributed by atoms with E-state index in [9.17, 15) is 4.39 Å². The van der Waals surface area contributed by atoms with Gasteiger partial charge in [0.25, 0.3) is 0 Å². The lowest BCUT2D eigenvalue weighted by Crippen LogP contribution is -2.37. The Morgan fingerprint density at radius 1 is 1.20 bits per heavy atom. The molecule has 1 aromatic rings. The van der Waals surface area contributed by atoms with E-state index in [0.29, 0.717) is 12.0 Å². The third kappa shape index (κ3) is 3.72. The van der Waals surface area contributed by atoms with Gasteiger partial charge in [-0.3, -0.25) is 0 Å². The van der Waals surface area contributed by atoms with Gasteiger partial charge in [-0.05, 0) is 49.4 Å². The molecule has 0 spiro atoms. The zero-order chi connectivity index (χ0) is 13.2. The van der Waals surface area contributed by atoms with E-state index < -0.39 is 0 Å². The van der Waals surface area contributed by atoms with Crippen molar-refractivity contribution in [1.29, 1.82) is 0 Å². The van der Waals surface area contributed by atoms with Crippen molar-refractivity contribution >= 4 is 12.4 Å². The molecule has 2 heterocycles. The van der Waals surface area contributed by atoms with Crippen LogP contribution in [0.5, 0.6) is 0 Å². The second-order valence-electron chi connectivity index (χ2n) is 6.14. The van der Waals surface area contributed by atoms with Crippen molar-refractivity contribution in [2.75, 3.05) is 19.6 Å². The van der Waals surface area contributed by atoms with Crippen LogP contribution in [-0.2, 0) is 0 Å². The molecule has 0 aliphatic carbocycles. The van der Waals surface area contributed by atoms with E-state index in [1.165, 1.54) is 37.9 Å². The molecule has 2 bridgehead atoms. The molecule has 0 radical (unpaired) electrons. The third-order valence-corrected chi connectivity index (χ3v) is 4.58. The van der Waals surface area contributed by atoms with E-state index in [1.807, 2.05) is 12.1 Å². The lowest BCUT2D eigenvalue weighted by atomic mass is 9.99. The van der Waals surface area contributed by atoms with Crippen molar-refractivity contribution in [3.05, 3.63) is 35.6 Å². The lowest BCUT2D eigenvalue weighted by Gasteiger charge is -2.27. The summed E-state index contributed by atoms with van der Waals surface area (Å²) in [6.45, 7) is 5.68. The zero-order valence-corrected chi connectivity index (χ0v) is 12.8. The molecule has 4 heteroatoms. The van der Waals surface area contributed by atoms with Crippen LogP contribution in [0.2, 0.25) is 0 Å². The maximum atomic E-state index is 12.9. The summed E-state index contributed by atoms with van der Waals surface area (Å²) in [5.74, 6) is 0.324. The number of likely N-dealkylation sites (tertiary alicyclic amines) is 1. The summed E-state index contributed by atoms with van der Waals surface area (Å²) in [5, 5.41) is 3.71. The number of rotatable bonds is 3. The monoisotopic (exact) mass is 298 g/mol. The number of fused-ring (bicyclic) bond motifs is 2. The SMILES string of the molecule is CC(CN1CCC2CCC(C1)N2)c1ccc(F)cc1.Cl. The molecule has 0 aromatic heterocycles. The zero-order valence-electron chi connectivity index (χ0n) is 12.0. The van der Waals surface area contributed by atoms with Gasteiger partial charge < -0.3 is 10.2 Å². The fourth-order valence-electron chi connectivity index (χ4n) is 3.47. The van der Waals surface area contributed by atoms with Gasteiger partial charge in [0, 0.05) is 25.2 Å². The molecule has 0 saturated carbocycles. The van der Waals surface area contributed by atoms with Crippen molar-refractivity contribution in [2.24, 2.45) is 0 Å². The smallest absolute Gasteiger partial charge is 0.123 e. The van der Waals surface area contributed by atoms with Crippen LogP contribution in [-0.4, -0.2) is 36.6 Å². The summed E-state index contributed by atoms with van der Waals surface area (Å²) in [5.41, 5.74) is 1.24.